The van der Waals surface area contributed by atoms with E-state index in [-0.39, 0.29) is 5.82 Å². The first-order chi connectivity index (χ1) is 7.65. The molecule has 6 heteroatoms. The highest BCUT2D eigenvalue weighted by Gasteiger charge is 2.10. The largest absolute Gasteiger partial charge is 0.382 e. The van der Waals surface area contributed by atoms with Gasteiger partial charge >= 0.3 is 0 Å². The molecule has 16 heavy (non-hydrogen) atoms. The second kappa shape index (κ2) is 6.32. The van der Waals surface area contributed by atoms with Crippen molar-refractivity contribution in [3.8, 4) is 0 Å². The molecule has 1 N–H and O–H groups in total. The van der Waals surface area contributed by atoms with Crippen molar-refractivity contribution in [1.29, 1.82) is 0 Å². The summed E-state index contributed by atoms with van der Waals surface area (Å²) in [7, 11) is 0. The molecular formula is C10H13F3N2O. The molecule has 1 rings (SSSR count). The molecule has 0 aromatic carbocycles. The maximum Gasteiger partial charge on any atom is 0.251 e. The smallest absolute Gasteiger partial charge is 0.251 e. The van der Waals surface area contributed by atoms with Gasteiger partial charge in [0.1, 0.15) is 0 Å². The van der Waals surface area contributed by atoms with Crippen molar-refractivity contribution in [3.05, 3.63) is 23.6 Å². The summed E-state index contributed by atoms with van der Waals surface area (Å²) in [6, 6.07) is 0.465. The predicted molar refractivity (Wildman–Crippen MR) is 53.7 cm³/mol. The van der Waals surface area contributed by atoms with Crippen LogP contribution in [-0.4, -0.2) is 24.7 Å². The molecule has 0 bridgehead atoms. The van der Waals surface area contributed by atoms with Crippen LogP contribution in [0.25, 0.3) is 0 Å². The second-order valence-electron chi connectivity index (χ2n) is 3.07. The van der Waals surface area contributed by atoms with Crippen LogP contribution >= 0.6 is 0 Å². The highest BCUT2D eigenvalue weighted by atomic mass is 19.2. The Hall–Kier alpha value is -1.30. The molecular weight excluding hydrogens is 221 g/mol. The average Bonchev–Trinajstić information content (AvgIpc) is 2.25. The lowest BCUT2D eigenvalue weighted by Gasteiger charge is -2.06. The molecule has 0 aliphatic rings. The zero-order chi connectivity index (χ0) is 12.0. The molecule has 0 unspecified atom stereocenters. The van der Waals surface area contributed by atoms with Crippen LogP contribution in [-0.2, 0) is 4.74 Å². The summed E-state index contributed by atoms with van der Waals surface area (Å²) in [6.07, 6.45) is 0.633. The average molecular weight is 234 g/mol. The number of aromatic nitrogens is 1. The number of hydrogen-bond donors (Lipinski definition) is 1. The lowest BCUT2D eigenvalue weighted by atomic mass is 10.4. The maximum absolute atomic E-state index is 13.0. The molecule has 0 saturated carbocycles. The molecule has 0 amide bonds. The number of rotatable bonds is 6. The van der Waals surface area contributed by atoms with E-state index in [9.17, 15) is 13.2 Å². The Balaban J connectivity index is 2.45. The second-order valence-corrected chi connectivity index (χ2v) is 3.07. The first-order valence-corrected chi connectivity index (χ1v) is 4.98. The summed E-state index contributed by atoms with van der Waals surface area (Å²) in [6.45, 7) is 3.38. The van der Waals surface area contributed by atoms with Gasteiger partial charge in [-0.1, -0.05) is 0 Å². The van der Waals surface area contributed by atoms with Gasteiger partial charge in [-0.15, -0.1) is 0 Å². The van der Waals surface area contributed by atoms with Gasteiger partial charge in [0.05, 0.1) is 0 Å². The van der Waals surface area contributed by atoms with Crippen LogP contribution in [0.15, 0.2) is 6.07 Å². The Morgan fingerprint density at radius 2 is 2.06 bits per heavy atom. The van der Waals surface area contributed by atoms with Crippen LogP contribution in [0.4, 0.5) is 19.0 Å². The van der Waals surface area contributed by atoms with Crippen molar-refractivity contribution in [2.45, 2.75) is 13.3 Å². The summed E-state index contributed by atoms with van der Waals surface area (Å²) in [5, 5.41) is 2.57. The van der Waals surface area contributed by atoms with Crippen molar-refractivity contribution in [2.24, 2.45) is 0 Å². The minimum atomic E-state index is -1.31. The highest BCUT2D eigenvalue weighted by Crippen LogP contribution is 2.13. The summed E-state index contributed by atoms with van der Waals surface area (Å²) >= 11 is 0. The van der Waals surface area contributed by atoms with E-state index in [1.807, 2.05) is 6.92 Å². The third-order valence-electron chi connectivity index (χ3n) is 1.85. The van der Waals surface area contributed by atoms with Crippen molar-refractivity contribution >= 4 is 5.82 Å². The van der Waals surface area contributed by atoms with Gasteiger partial charge < -0.3 is 10.1 Å². The van der Waals surface area contributed by atoms with E-state index in [0.717, 1.165) is 0 Å². The van der Waals surface area contributed by atoms with E-state index >= 15 is 0 Å². The van der Waals surface area contributed by atoms with E-state index in [0.29, 0.717) is 32.2 Å². The predicted octanol–water partition coefficient (Wildman–Crippen LogP) is 2.34. The minimum Gasteiger partial charge on any atom is -0.382 e. The first kappa shape index (κ1) is 12.8. The normalized spacial score (nSPS) is 10.5. The van der Waals surface area contributed by atoms with Crippen LogP contribution in [0, 0.1) is 17.6 Å². The molecule has 0 radical (unpaired) electrons. The molecule has 1 heterocycles. The Labute approximate surface area is 91.6 Å². The van der Waals surface area contributed by atoms with E-state index in [1.54, 1.807) is 0 Å². The standard InChI is InChI=1S/C10H13F3N2O/c1-2-16-5-3-4-14-10-8(12)6-7(11)9(13)15-10/h6H,2-5H2,1H3,(H,14,15). The minimum absolute atomic E-state index is 0.282. The van der Waals surface area contributed by atoms with Gasteiger partial charge in [-0.2, -0.15) is 9.37 Å². The fourth-order valence-electron chi connectivity index (χ4n) is 1.09. The zero-order valence-corrected chi connectivity index (χ0v) is 8.90. The van der Waals surface area contributed by atoms with Crippen LogP contribution < -0.4 is 5.32 Å². The van der Waals surface area contributed by atoms with Gasteiger partial charge in [0.15, 0.2) is 17.5 Å². The molecule has 1 aromatic rings. The molecule has 90 valence electrons. The molecule has 0 aliphatic heterocycles. The van der Waals surface area contributed by atoms with Crippen LogP contribution in [0.1, 0.15) is 13.3 Å². The fraction of sp³-hybridized carbons (Fsp3) is 0.500. The van der Waals surface area contributed by atoms with Crippen LogP contribution in [0.5, 0.6) is 0 Å². The van der Waals surface area contributed by atoms with Gasteiger partial charge in [-0.3, -0.25) is 0 Å². The summed E-state index contributed by atoms with van der Waals surface area (Å²) < 4.78 is 43.3. The number of pyridine rings is 1. The number of halogens is 3. The third kappa shape index (κ3) is 3.69. The van der Waals surface area contributed by atoms with E-state index < -0.39 is 17.6 Å². The molecule has 3 nitrogen and oxygen atoms in total. The van der Waals surface area contributed by atoms with E-state index in [2.05, 4.69) is 10.3 Å². The Kier molecular flexibility index (Phi) is 5.04. The Morgan fingerprint density at radius 1 is 1.31 bits per heavy atom. The molecule has 0 spiro atoms. The molecule has 1 aromatic heterocycles. The van der Waals surface area contributed by atoms with E-state index in [1.165, 1.54) is 0 Å². The van der Waals surface area contributed by atoms with E-state index in [4.69, 9.17) is 4.74 Å². The Bertz CT molecular complexity index is 347. The van der Waals surface area contributed by atoms with Gasteiger partial charge in [0.2, 0.25) is 0 Å². The molecule has 0 fully saturated rings. The quantitative estimate of drug-likeness (QED) is 0.606. The number of nitrogens with zero attached hydrogens (tertiary/aromatic N) is 1. The number of nitrogens with one attached hydrogen (secondary N) is 1. The molecule has 0 aliphatic carbocycles. The monoisotopic (exact) mass is 234 g/mol. The van der Waals surface area contributed by atoms with Crippen molar-refractivity contribution in [2.75, 3.05) is 25.1 Å². The van der Waals surface area contributed by atoms with Gasteiger partial charge in [-0.25, -0.2) is 8.78 Å². The zero-order valence-electron chi connectivity index (χ0n) is 8.90. The fourth-order valence-corrected chi connectivity index (χ4v) is 1.09. The maximum atomic E-state index is 13.0. The third-order valence-corrected chi connectivity index (χ3v) is 1.85. The highest BCUT2D eigenvalue weighted by molar-refractivity contribution is 5.35. The van der Waals surface area contributed by atoms with Crippen molar-refractivity contribution in [1.82, 2.24) is 4.98 Å². The number of hydrogen-bond acceptors (Lipinski definition) is 3. The first-order valence-electron chi connectivity index (χ1n) is 4.98. The SMILES string of the molecule is CCOCCCNc1nc(F)c(F)cc1F. The summed E-state index contributed by atoms with van der Waals surface area (Å²) in [5.74, 6) is -3.79. The molecule has 0 saturated heterocycles. The topological polar surface area (TPSA) is 34.1 Å². The van der Waals surface area contributed by atoms with Gasteiger partial charge in [0.25, 0.3) is 5.95 Å². The number of anilines is 1. The summed E-state index contributed by atoms with van der Waals surface area (Å²) in [5.41, 5.74) is 0. The lowest BCUT2D eigenvalue weighted by Crippen LogP contribution is -2.09. The van der Waals surface area contributed by atoms with Gasteiger partial charge in [-0.05, 0) is 13.3 Å². The van der Waals surface area contributed by atoms with Crippen LogP contribution in [0.3, 0.4) is 0 Å². The number of ether oxygens (including phenoxy) is 1. The van der Waals surface area contributed by atoms with Crippen molar-refractivity contribution < 1.29 is 17.9 Å². The summed E-state index contributed by atoms with van der Waals surface area (Å²) in [4.78, 5) is 3.12. The molecule has 0 atom stereocenters. The van der Waals surface area contributed by atoms with Crippen molar-refractivity contribution in [3.63, 3.8) is 0 Å². The Morgan fingerprint density at radius 3 is 2.75 bits per heavy atom. The van der Waals surface area contributed by atoms with Gasteiger partial charge in [0, 0.05) is 25.8 Å². The van der Waals surface area contributed by atoms with Crippen LogP contribution in [0.2, 0.25) is 0 Å². The lowest BCUT2D eigenvalue weighted by molar-refractivity contribution is 0.147.